The molecular formula is C5H13ClN+. The van der Waals surface area contributed by atoms with Gasteiger partial charge in [0.2, 0.25) is 0 Å². The van der Waals surface area contributed by atoms with Gasteiger partial charge in [-0.15, -0.1) is 11.6 Å². The molecule has 0 aliphatic carbocycles. The maximum atomic E-state index is 5.45. The van der Waals surface area contributed by atoms with Gasteiger partial charge in [-0.05, 0) is 6.92 Å². The number of nitrogens with one attached hydrogen (secondary N) is 1. The number of hydrogen-bond donors (Lipinski definition) is 1. The van der Waals surface area contributed by atoms with Crippen LogP contribution in [0.4, 0.5) is 0 Å². The fourth-order valence-electron chi connectivity index (χ4n) is 0.338. The molecule has 2 heteroatoms. The first kappa shape index (κ1) is 7.25. The predicted molar refractivity (Wildman–Crippen MR) is 33.0 cm³/mol. The van der Waals surface area contributed by atoms with Gasteiger partial charge >= 0.3 is 0 Å². The van der Waals surface area contributed by atoms with Gasteiger partial charge in [0.15, 0.2) is 0 Å². The van der Waals surface area contributed by atoms with Crippen LogP contribution in [-0.2, 0) is 0 Å². The van der Waals surface area contributed by atoms with Crippen LogP contribution in [0.3, 0.4) is 0 Å². The van der Waals surface area contributed by atoms with Crippen LogP contribution in [0, 0.1) is 0 Å². The van der Waals surface area contributed by atoms with Crippen molar-refractivity contribution in [3.8, 4) is 0 Å². The molecule has 0 saturated carbocycles. The molecular weight excluding hydrogens is 110 g/mol. The summed E-state index contributed by atoms with van der Waals surface area (Å²) in [4.78, 5) is 1.50. The topological polar surface area (TPSA) is 4.44 Å². The molecule has 0 rings (SSSR count). The van der Waals surface area contributed by atoms with Crippen LogP contribution in [0.2, 0.25) is 0 Å². The lowest BCUT2D eigenvalue weighted by Gasteiger charge is -2.06. The Hall–Kier alpha value is 0.250. The Labute approximate surface area is 50.3 Å². The molecule has 0 fully saturated rings. The average Bonchev–Trinajstić information content (AvgIpc) is 1.68. The fraction of sp³-hybridized carbons (Fsp3) is 1.00. The summed E-state index contributed by atoms with van der Waals surface area (Å²) < 4.78 is 0. The molecule has 7 heavy (non-hydrogen) atoms. The van der Waals surface area contributed by atoms with E-state index < -0.39 is 0 Å². The van der Waals surface area contributed by atoms with E-state index >= 15 is 0 Å². The third-order valence-electron chi connectivity index (χ3n) is 1.12. The Morgan fingerprint density at radius 1 is 1.57 bits per heavy atom. The van der Waals surface area contributed by atoms with E-state index in [9.17, 15) is 0 Å². The van der Waals surface area contributed by atoms with E-state index in [1.807, 2.05) is 0 Å². The molecule has 0 radical (unpaired) electrons. The second-order valence-corrected chi connectivity index (χ2v) is 2.13. The van der Waals surface area contributed by atoms with Gasteiger partial charge in [0, 0.05) is 0 Å². The molecule has 0 aliphatic rings. The Bertz CT molecular complexity index is 39.1. The van der Waals surface area contributed by atoms with Crippen molar-refractivity contribution in [3.63, 3.8) is 0 Å². The molecule has 0 aromatic heterocycles. The molecule has 1 nitrogen and oxygen atoms in total. The van der Waals surface area contributed by atoms with Crippen molar-refractivity contribution < 1.29 is 4.90 Å². The van der Waals surface area contributed by atoms with E-state index in [0.717, 1.165) is 12.4 Å². The first-order valence-electron chi connectivity index (χ1n) is 2.68. The molecule has 1 N–H and O–H groups in total. The summed E-state index contributed by atoms with van der Waals surface area (Å²) in [6.45, 7) is 4.41. The van der Waals surface area contributed by atoms with Crippen LogP contribution in [-0.4, -0.2) is 26.0 Å². The number of rotatable bonds is 3. The molecule has 0 spiro atoms. The third-order valence-corrected chi connectivity index (χ3v) is 1.31. The van der Waals surface area contributed by atoms with Crippen LogP contribution in [0.15, 0.2) is 0 Å². The van der Waals surface area contributed by atoms with Gasteiger partial charge in [0.1, 0.15) is 0 Å². The van der Waals surface area contributed by atoms with Crippen molar-refractivity contribution in [2.24, 2.45) is 0 Å². The molecule has 0 amide bonds. The van der Waals surface area contributed by atoms with Crippen molar-refractivity contribution in [1.29, 1.82) is 0 Å². The summed E-state index contributed by atoms with van der Waals surface area (Å²) in [6.07, 6.45) is 0. The zero-order chi connectivity index (χ0) is 5.70. The van der Waals surface area contributed by atoms with E-state index in [0.29, 0.717) is 0 Å². The minimum absolute atomic E-state index is 0.777. The Morgan fingerprint density at radius 2 is 2.14 bits per heavy atom. The molecule has 0 aliphatic heterocycles. The maximum Gasteiger partial charge on any atom is 0.0906 e. The van der Waals surface area contributed by atoms with E-state index in [4.69, 9.17) is 11.6 Å². The summed E-state index contributed by atoms with van der Waals surface area (Å²) in [5.74, 6) is 0.777. The second-order valence-electron chi connectivity index (χ2n) is 1.75. The number of halogens is 1. The number of quaternary nitrogens is 1. The van der Waals surface area contributed by atoms with Crippen molar-refractivity contribution in [2.75, 3.05) is 26.0 Å². The van der Waals surface area contributed by atoms with Crippen molar-refractivity contribution in [2.45, 2.75) is 6.92 Å². The minimum atomic E-state index is 0.777. The standard InChI is InChI=1S/C5H12ClN/c1-3-7(2)5-4-6/h3-5H2,1-2H3/p+1. The monoisotopic (exact) mass is 122 g/mol. The number of alkyl halides is 1. The molecule has 0 aromatic rings. The quantitative estimate of drug-likeness (QED) is 0.493. The van der Waals surface area contributed by atoms with Gasteiger partial charge in [-0.3, -0.25) is 0 Å². The van der Waals surface area contributed by atoms with Crippen molar-refractivity contribution in [3.05, 3.63) is 0 Å². The van der Waals surface area contributed by atoms with Crippen LogP contribution in [0.25, 0.3) is 0 Å². The summed E-state index contributed by atoms with van der Waals surface area (Å²) in [7, 11) is 2.14. The second kappa shape index (κ2) is 4.41. The summed E-state index contributed by atoms with van der Waals surface area (Å²) in [5, 5.41) is 0. The van der Waals surface area contributed by atoms with Crippen molar-refractivity contribution in [1.82, 2.24) is 0 Å². The third kappa shape index (κ3) is 4.10. The maximum absolute atomic E-state index is 5.45. The van der Waals surface area contributed by atoms with E-state index in [1.165, 1.54) is 11.4 Å². The average molecular weight is 123 g/mol. The lowest BCUT2D eigenvalue weighted by atomic mass is 10.6. The Kier molecular flexibility index (Phi) is 4.57. The van der Waals surface area contributed by atoms with E-state index in [1.54, 1.807) is 0 Å². The first-order chi connectivity index (χ1) is 3.31. The van der Waals surface area contributed by atoms with Gasteiger partial charge in [0.25, 0.3) is 0 Å². The van der Waals surface area contributed by atoms with E-state index in [2.05, 4.69) is 14.0 Å². The lowest BCUT2D eigenvalue weighted by molar-refractivity contribution is -0.875. The van der Waals surface area contributed by atoms with Crippen LogP contribution < -0.4 is 4.90 Å². The molecule has 0 saturated heterocycles. The van der Waals surface area contributed by atoms with Gasteiger partial charge in [-0.25, -0.2) is 0 Å². The Balaban J connectivity index is 2.83. The van der Waals surface area contributed by atoms with E-state index in [-0.39, 0.29) is 0 Å². The van der Waals surface area contributed by atoms with Gasteiger partial charge in [-0.2, -0.15) is 0 Å². The molecule has 1 atom stereocenters. The molecule has 44 valence electrons. The molecule has 0 aromatic carbocycles. The van der Waals surface area contributed by atoms with Crippen LogP contribution in [0.5, 0.6) is 0 Å². The highest BCUT2D eigenvalue weighted by Crippen LogP contribution is 1.62. The van der Waals surface area contributed by atoms with Crippen molar-refractivity contribution >= 4 is 11.6 Å². The summed E-state index contributed by atoms with van der Waals surface area (Å²) in [5.41, 5.74) is 0. The molecule has 1 unspecified atom stereocenters. The highest BCUT2D eigenvalue weighted by atomic mass is 35.5. The number of hydrogen-bond acceptors (Lipinski definition) is 0. The van der Waals surface area contributed by atoms with Gasteiger partial charge < -0.3 is 4.90 Å². The SMILES string of the molecule is CC[NH+](C)CCCl. The smallest absolute Gasteiger partial charge is 0.0906 e. The fourth-order valence-corrected chi connectivity index (χ4v) is 0.661. The largest absolute Gasteiger partial charge is 0.337 e. The zero-order valence-corrected chi connectivity index (χ0v) is 5.76. The van der Waals surface area contributed by atoms with Gasteiger partial charge in [0.05, 0.1) is 26.0 Å². The summed E-state index contributed by atoms with van der Waals surface area (Å²) in [6, 6.07) is 0. The molecule has 0 heterocycles. The molecule has 0 bridgehead atoms. The van der Waals surface area contributed by atoms with Crippen LogP contribution in [0.1, 0.15) is 6.92 Å². The predicted octanol–water partition coefficient (Wildman–Crippen LogP) is -0.240. The normalized spacial score (nSPS) is 14.1. The zero-order valence-electron chi connectivity index (χ0n) is 5.00. The first-order valence-corrected chi connectivity index (χ1v) is 3.22. The summed E-state index contributed by atoms with van der Waals surface area (Å²) >= 11 is 5.45. The van der Waals surface area contributed by atoms with Gasteiger partial charge in [-0.1, -0.05) is 0 Å². The highest BCUT2D eigenvalue weighted by Gasteiger charge is 1.91. The minimum Gasteiger partial charge on any atom is -0.337 e. The highest BCUT2D eigenvalue weighted by molar-refractivity contribution is 6.17. The lowest BCUT2D eigenvalue weighted by Crippen LogP contribution is -3.08. The Morgan fingerprint density at radius 3 is 2.29 bits per heavy atom. The van der Waals surface area contributed by atoms with Crippen LogP contribution >= 0.6 is 11.6 Å².